The molecule has 5 heteroatoms. The zero-order chi connectivity index (χ0) is 13.8. The van der Waals surface area contributed by atoms with Crippen LogP contribution in [0.5, 0.6) is 0 Å². The van der Waals surface area contributed by atoms with Crippen LogP contribution in [0.2, 0.25) is 5.02 Å². The monoisotopic (exact) mass is 319 g/mol. The van der Waals surface area contributed by atoms with Gasteiger partial charge in [0, 0.05) is 12.4 Å². The smallest absolute Gasteiger partial charge is 0.262 e. The molecule has 1 heterocycles. The predicted octanol–water partition coefficient (Wildman–Crippen LogP) is 4.48. The van der Waals surface area contributed by atoms with Gasteiger partial charge in [0.15, 0.2) is 0 Å². The Morgan fingerprint density at radius 3 is 2.68 bits per heavy atom. The Balaban J connectivity index is 1.91. The van der Waals surface area contributed by atoms with E-state index in [0.29, 0.717) is 34.2 Å². The van der Waals surface area contributed by atoms with Crippen molar-refractivity contribution in [1.29, 1.82) is 0 Å². The van der Waals surface area contributed by atoms with Crippen LogP contribution >= 0.6 is 34.5 Å². The largest absolute Gasteiger partial charge is 0.351 e. The quantitative estimate of drug-likeness (QED) is 0.814. The minimum atomic E-state index is -0.0537. The molecule has 2 rings (SSSR count). The Morgan fingerprint density at radius 2 is 2.11 bits per heavy atom. The summed E-state index contributed by atoms with van der Waals surface area (Å²) in [7, 11) is 0. The van der Waals surface area contributed by atoms with Gasteiger partial charge in [0.05, 0.1) is 5.02 Å². The van der Waals surface area contributed by atoms with E-state index in [4.69, 9.17) is 23.2 Å². The van der Waals surface area contributed by atoms with E-state index in [9.17, 15) is 4.79 Å². The number of thiophene rings is 1. The maximum Gasteiger partial charge on any atom is 0.262 e. The number of aryl methyl sites for hydroxylation is 1. The average Bonchev–Trinajstić information content (AvgIpc) is 2.77. The van der Waals surface area contributed by atoms with Crippen LogP contribution in [0.3, 0.4) is 0 Å². The standard InChI is InChI=1S/C14H19Cl2NOS/c1-9-8-19-13(12(9)16)14(18)17-7-11-5-3-2-4-10(11)6-15/h8,10-11H,2-7H2,1H3,(H,17,18). The molecule has 0 bridgehead atoms. The minimum Gasteiger partial charge on any atom is -0.351 e. The van der Waals surface area contributed by atoms with Crippen molar-refractivity contribution in [2.24, 2.45) is 11.8 Å². The number of amides is 1. The topological polar surface area (TPSA) is 29.1 Å². The van der Waals surface area contributed by atoms with Gasteiger partial charge in [-0.3, -0.25) is 4.79 Å². The molecule has 1 N–H and O–H groups in total. The maximum atomic E-state index is 12.1. The number of rotatable bonds is 4. The molecule has 0 spiro atoms. The van der Waals surface area contributed by atoms with Crippen molar-refractivity contribution in [2.45, 2.75) is 32.6 Å². The van der Waals surface area contributed by atoms with Crippen LogP contribution in [-0.4, -0.2) is 18.3 Å². The first-order valence-electron chi connectivity index (χ1n) is 6.71. The van der Waals surface area contributed by atoms with Crippen LogP contribution in [0.1, 0.15) is 40.9 Å². The van der Waals surface area contributed by atoms with Crippen molar-refractivity contribution >= 4 is 40.4 Å². The van der Waals surface area contributed by atoms with Gasteiger partial charge in [-0.25, -0.2) is 0 Å². The highest BCUT2D eigenvalue weighted by Gasteiger charge is 2.25. The Bertz CT molecular complexity index is 447. The molecule has 1 aromatic heterocycles. The molecule has 106 valence electrons. The second-order valence-corrected chi connectivity index (χ2v) is 6.80. The second-order valence-electron chi connectivity index (χ2n) is 5.23. The zero-order valence-electron chi connectivity index (χ0n) is 11.0. The highest BCUT2D eigenvalue weighted by molar-refractivity contribution is 7.13. The normalized spacial score (nSPS) is 23.3. The Morgan fingerprint density at radius 1 is 1.42 bits per heavy atom. The number of carbonyl (C=O) groups is 1. The van der Waals surface area contributed by atoms with Crippen LogP contribution in [0, 0.1) is 18.8 Å². The van der Waals surface area contributed by atoms with Crippen molar-refractivity contribution in [3.8, 4) is 0 Å². The van der Waals surface area contributed by atoms with Crippen molar-refractivity contribution in [3.63, 3.8) is 0 Å². The first kappa shape index (κ1) is 15.1. The fourth-order valence-corrected chi connectivity index (χ4v) is 4.24. The maximum absolute atomic E-state index is 12.1. The fourth-order valence-electron chi connectivity index (χ4n) is 2.64. The molecule has 0 aliphatic heterocycles. The molecule has 2 unspecified atom stereocenters. The molecular weight excluding hydrogens is 301 g/mol. The lowest BCUT2D eigenvalue weighted by Gasteiger charge is -2.30. The molecule has 1 aromatic rings. The zero-order valence-corrected chi connectivity index (χ0v) is 13.4. The molecule has 0 saturated heterocycles. The van der Waals surface area contributed by atoms with Gasteiger partial charge < -0.3 is 5.32 Å². The van der Waals surface area contributed by atoms with E-state index in [1.165, 1.54) is 30.6 Å². The van der Waals surface area contributed by atoms with Crippen LogP contribution in [0.25, 0.3) is 0 Å². The summed E-state index contributed by atoms with van der Waals surface area (Å²) in [5.41, 5.74) is 0.966. The molecule has 19 heavy (non-hydrogen) atoms. The molecule has 1 amide bonds. The van der Waals surface area contributed by atoms with Gasteiger partial charge in [-0.2, -0.15) is 0 Å². The number of carbonyl (C=O) groups excluding carboxylic acids is 1. The fraction of sp³-hybridized carbons (Fsp3) is 0.643. The highest BCUT2D eigenvalue weighted by atomic mass is 35.5. The van der Waals surface area contributed by atoms with Crippen molar-refractivity contribution in [1.82, 2.24) is 5.32 Å². The lowest BCUT2D eigenvalue weighted by molar-refractivity contribution is 0.0941. The van der Waals surface area contributed by atoms with Gasteiger partial charge >= 0.3 is 0 Å². The Kier molecular flexibility index (Phi) is 5.55. The lowest BCUT2D eigenvalue weighted by atomic mass is 9.80. The van der Waals surface area contributed by atoms with Crippen molar-refractivity contribution in [3.05, 3.63) is 20.8 Å². The van der Waals surface area contributed by atoms with Crippen molar-refractivity contribution in [2.75, 3.05) is 12.4 Å². The number of halogens is 2. The van der Waals surface area contributed by atoms with E-state index in [1.54, 1.807) is 0 Å². The summed E-state index contributed by atoms with van der Waals surface area (Å²) in [6.07, 6.45) is 4.85. The third-order valence-corrected chi connectivity index (χ3v) is 5.99. The lowest BCUT2D eigenvalue weighted by Crippen LogP contribution is -2.34. The second kappa shape index (κ2) is 6.96. The van der Waals surface area contributed by atoms with E-state index in [-0.39, 0.29) is 5.91 Å². The van der Waals surface area contributed by atoms with Crippen LogP contribution in [0.15, 0.2) is 5.38 Å². The summed E-state index contributed by atoms with van der Waals surface area (Å²) in [5, 5.41) is 5.51. The summed E-state index contributed by atoms with van der Waals surface area (Å²) in [4.78, 5) is 12.7. The van der Waals surface area contributed by atoms with Crippen molar-refractivity contribution < 1.29 is 4.79 Å². The first-order chi connectivity index (χ1) is 9.13. The molecule has 1 saturated carbocycles. The third kappa shape index (κ3) is 3.65. The van der Waals surface area contributed by atoms with E-state index in [0.717, 1.165) is 12.0 Å². The summed E-state index contributed by atoms with van der Waals surface area (Å²) >= 11 is 13.5. The van der Waals surface area contributed by atoms with Gasteiger partial charge in [-0.15, -0.1) is 22.9 Å². The molecule has 1 aliphatic carbocycles. The average molecular weight is 320 g/mol. The minimum absolute atomic E-state index is 0.0537. The van der Waals surface area contributed by atoms with Gasteiger partial charge in [-0.1, -0.05) is 24.4 Å². The van der Waals surface area contributed by atoms with Gasteiger partial charge in [0.25, 0.3) is 5.91 Å². The van der Waals surface area contributed by atoms with E-state index in [2.05, 4.69) is 5.32 Å². The summed E-state index contributed by atoms with van der Waals surface area (Å²) in [6.45, 7) is 2.63. The number of hydrogen-bond donors (Lipinski definition) is 1. The van der Waals surface area contributed by atoms with E-state index >= 15 is 0 Å². The summed E-state index contributed by atoms with van der Waals surface area (Å²) < 4.78 is 0. The molecule has 1 fully saturated rings. The van der Waals surface area contributed by atoms with Crippen LogP contribution in [0.4, 0.5) is 0 Å². The SMILES string of the molecule is Cc1csc(C(=O)NCC2CCCCC2CCl)c1Cl. The van der Waals surface area contributed by atoms with E-state index < -0.39 is 0 Å². The molecule has 2 nitrogen and oxygen atoms in total. The molecular formula is C14H19Cl2NOS. The summed E-state index contributed by atoms with van der Waals surface area (Å²) in [5.74, 6) is 1.69. The number of nitrogens with one attached hydrogen (secondary N) is 1. The third-order valence-electron chi connectivity index (χ3n) is 3.89. The highest BCUT2D eigenvalue weighted by Crippen LogP contribution is 2.31. The van der Waals surface area contributed by atoms with E-state index in [1.807, 2.05) is 12.3 Å². The molecule has 0 aromatic carbocycles. The van der Waals surface area contributed by atoms with Crippen LogP contribution in [-0.2, 0) is 0 Å². The van der Waals surface area contributed by atoms with Gasteiger partial charge in [0.1, 0.15) is 4.88 Å². The number of hydrogen-bond acceptors (Lipinski definition) is 2. The first-order valence-corrected chi connectivity index (χ1v) is 8.50. The summed E-state index contributed by atoms with van der Waals surface area (Å²) in [6, 6.07) is 0. The Labute approximate surface area is 128 Å². The Hall–Kier alpha value is -0.250. The molecule has 0 radical (unpaired) electrons. The molecule has 2 atom stereocenters. The predicted molar refractivity (Wildman–Crippen MR) is 82.6 cm³/mol. The molecule has 1 aliphatic rings. The van der Waals surface area contributed by atoms with Gasteiger partial charge in [0.2, 0.25) is 0 Å². The van der Waals surface area contributed by atoms with Crippen LogP contribution < -0.4 is 5.32 Å². The number of alkyl halides is 1. The van der Waals surface area contributed by atoms with Gasteiger partial charge in [-0.05, 0) is 42.5 Å².